The fraction of sp³-hybridized carbons (Fsp3) is 0.316. The zero-order valence-electron chi connectivity index (χ0n) is 13.3. The number of rotatable bonds is 3. The van der Waals surface area contributed by atoms with Gasteiger partial charge >= 0.3 is 0 Å². The largest absolute Gasteiger partial charge is 0.489 e. The van der Waals surface area contributed by atoms with E-state index in [0.29, 0.717) is 13.0 Å². The minimum atomic E-state index is 0.230. The Morgan fingerprint density at radius 1 is 1.09 bits per heavy atom. The van der Waals surface area contributed by atoms with Gasteiger partial charge in [-0.25, -0.2) is 0 Å². The minimum absolute atomic E-state index is 0.230. The highest BCUT2D eigenvalue weighted by molar-refractivity contribution is 6.31. The van der Waals surface area contributed by atoms with Crippen molar-refractivity contribution in [2.45, 2.75) is 40.2 Å². The van der Waals surface area contributed by atoms with Gasteiger partial charge in [0.25, 0.3) is 0 Å². The van der Waals surface area contributed by atoms with Crippen LogP contribution in [0.5, 0.6) is 5.75 Å². The lowest BCUT2D eigenvalue weighted by atomic mass is 10.1. The Morgan fingerprint density at radius 3 is 2.59 bits per heavy atom. The third-order valence-electron chi connectivity index (χ3n) is 3.60. The van der Waals surface area contributed by atoms with E-state index >= 15 is 0 Å². The monoisotopic (exact) mass is 316 g/mol. The third kappa shape index (κ3) is 3.69. The van der Waals surface area contributed by atoms with Crippen molar-refractivity contribution in [3.05, 3.63) is 63.7 Å². The van der Waals surface area contributed by atoms with Gasteiger partial charge in [0.15, 0.2) is 5.78 Å². The van der Waals surface area contributed by atoms with E-state index in [1.54, 1.807) is 0 Å². The second-order valence-electron chi connectivity index (χ2n) is 5.13. The number of Topliss-reactive ketones (excluding diaryl/α,β-unsaturated/α-hetero) is 1. The molecule has 2 aromatic carbocycles. The third-order valence-corrected chi connectivity index (χ3v) is 3.95. The van der Waals surface area contributed by atoms with Crippen LogP contribution in [0.1, 0.15) is 47.3 Å². The maximum atomic E-state index is 11.6. The van der Waals surface area contributed by atoms with Crippen molar-refractivity contribution in [3.8, 4) is 5.75 Å². The topological polar surface area (TPSA) is 26.3 Å². The SMILES string of the molecule is CC.Cc1ccc(COc2ccc3c(c2)CCC3=O)c(Cl)c1. The summed E-state index contributed by atoms with van der Waals surface area (Å²) in [7, 11) is 0. The van der Waals surface area contributed by atoms with Gasteiger partial charge in [0, 0.05) is 22.6 Å². The van der Waals surface area contributed by atoms with Crippen LogP contribution < -0.4 is 4.74 Å². The molecule has 2 aromatic rings. The molecular formula is C19H21ClO2. The summed E-state index contributed by atoms with van der Waals surface area (Å²) in [4.78, 5) is 11.6. The van der Waals surface area contributed by atoms with E-state index in [1.165, 1.54) is 0 Å². The number of benzene rings is 2. The Hall–Kier alpha value is -1.80. The van der Waals surface area contributed by atoms with Gasteiger partial charge in [0.2, 0.25) is 0 Å². The Balaban J connectivity index is 0.000000847. The highest BCUT2D eigenvalue weighted by Crippen LogP contribution is 2.27. The first-order valence-corrected chi connectivity index (χ1v) is 8.05. The molecule has 0 saturated carbocycles. The number of aryl methyl sites for hydroxylation is 2. The van der Waals surface area contributed by atoms with Gasteiger partial charge in [-0.15, -0.1) is 0 Å². The summed E-state index contributed by atoms with van der Waals surface area (Å²) >= 11 is 6.18. The Morgan fingerprint density at radius 2 is 1.86 bits per heavy atom. The predicted octanol–water partition coefficient (Wildman–Crippen LogP) is 5.38. The minimum Gasteiger partial charge on any atom is -0.489 e. The highest BCUT2D eigenvalue weighted by atomic mass is 35.5. The highest BCUT2D eigenvalue weighted by Gasteiger charge is 2.19. The molecule has 0 bridgehead atoms. The summed E-state index contributed by atoms with van der Waals surface area (Å²) in [6.45, 7) is 6.44. The lowest BCUT2D eigenvalue weighted by Crippen LogP contribution is -1.98. The van der Waals surface area contributed by atoms with Gasteiger partial charge in [-0.2, -0.15) is 0 Å². The van der Waals surface area contributed by atoms with Crippen molar-refractivity contribution in [2.24, 2.45) is 0 Å². The van der Waals surface area contributed by atoms with Crippen LogP contribution in [-0.2, 0) is 13.0 Å². The standard InChI is InChI=1S/C17H15ClO2.C2H6/c1-11-2-3-13(16(18)8-11)10-20-14-5-6-15-12(9-14)4-7-17(15)19;1-2/h2-3,5-6,8-9H,4,7,10H2,1H3;1-2H3. The molecule has 0 aromatic heterocycles. The molecule has 0 atom stereocenters. The first-order chi connectivity index (χ1) is 10.6. The van der Waals surface area contributed by atoms with E-state index in [4.69, 9.17) is 16.3 Å². The van der Waals surface area contributed by atoms with E-state index in [9.17, 15) is 4.79 Å². The van der Waals surface area contributed by atoms with Gasteiger partial charge in [0.05, 0.1) is 0 Å². The van der Waals surface area contributed by atoms with Crippen LogP contribution >= 0.6 is 11.6 Å². The van der Waals surface area contributed by atoms with Crippen molar-refractivity contribution >= 4 is 17.4 Å². The molecule has 0 N–H and O–H groups in total. The molecular weight excluding hydrogens is 296 g/mol. The van der Waals surface area contributed by atoms with Crippen LogP contribution in [0.3, 0.4) is 0 Å². The van der Waals surface area contributed by atoms with Gasteiger partial charge in [0.1, 0.15) is 12.4 Å². The van der Waals surface area contributed by atoms with E-state index in [2.05, 4.69) is 0 Å². The molecule has 116 valence electrons. The first-order valence-electron chi connectivity index (χ1n) is 7.67. The molecule has 2 nitrogen and oxygen atoms in total. The molecule has 0 aliphatic heterocycles. The predicted molar refractivity (Wildman–Crippen MR) is 91.0 cm³/mol. The van der Waals surface area contributed by atoms with Gasteiger partial charge in [-0.1, -0.05) is 37.6 Å². The van der Waals surface area contributed by atoms with Crippen molar-refractivity contribution < 1.29 is 9.53 Å². The van der Waals surface area contributed by atoms with Crippen LogP contribution in [0, 0.1) is 6.92 Å². The quantitative estimate of drug-likeness (QED) is 0.759. The Bertz CT molecular complexity index is 677. The molecule has 1 aliphatic rings. The lowest BCUT2D eigenvalue weighted by molar-refractivity contribution is 0.0994. The van der Waals surface area contributed by atoms with Crippen LogP contribution in [0.25, 0.3) is 0 Å². The fourth-order valence-corrected chi connectivity index (χ4v) is 2.74. The number of hydrogen-bond acceptors (Lipinski definition) is 2. The summed E-state index contributed by atoms with van der Waals surface area (Å²) < 4.78 is 5.78. The molecule has 0 spiro atoms. The summed E-state index contributed by atoms with van der Waals surface area (Å²) in [5.41, 5.74) is 4.02. The van der Waals surface area contributed by atoms with Gasteiger partial charge in [-0.05, 0) is 48.7 Å². The van der Waals surface area contributed by atoms with Crippen LogP contribution in [0.4, 0.5) is 0 Å². The van der Waals surface area contributed by atoms with E-state index in [0.717, 1.165) is 39.4 Å². The lowest BCUT2D eigenvalue weighted by Gasteiger charge is -2.09. The van der Waals surface area contributed by atoms with Crippen LogP contribution in [0.2, 0.25) is 5.02 Å². The molecule has 0 fully saturated rings. The first kappa shape index (κ1) is 16.6. The summed E-state index contributed by atoms with van der Waals surface area (Å²) in [6.07, 6.45) is 1.43. The molecule has 3 heteroatoms. The molecule has 0 unspecified atom stereocenters. The van der Waals surface area contributed by atoms with Crippen LogP contribution in [0.15, 0.2) is 36.4 Å². The Kier molecular flexibility index (Phi) is 5.62. The molecule has 0 radical (unpaired) electrons. The van der Waals surface area contributed by atoms with Crippen molar-refractivity contribution in [3.63, 3.8) is 0 Å². The zero-order valence-corrected chi connectivity index (χ0v) is 14.0. The van der Waals surface area contributed by atoms with E-state index in [-0.39, 0.29) is 5.78 Å². The summed E-state index contributed by atoms with van der Waals surface area (Å²) in [5, 5.41) is 0.723. The van der Waals surface area contributed by atoms with Crippen molar-refractivity contribution in [1.82, 2.24) is 0 Å². The molecule has 22 heavy (non-hydrogen) atoms. The zero-order chi connectivity index (χ0) is 16.1. The van der Waals surface area contributed by atoms with E-state index in [1.807, 2.05) is 57.2 Å². The molecule has 1 aliphatic carbocycles. The van der Waals surface area contributed by atoms with Gasteiger partial charge < -0.3 is 4.74 Å². The number of halogens is 1. The van der Waals surface area contributed by atoms with Gasteiger partial charge in [-0.3, -0.25) is 4.79 Å². The number of carbonyl (C=O) groups excluding carboxylic acids is 1. The number of ketones is 1. The average molecular weight is 317 g/mol. The summed E-state index contributed by atoms with van der Waals surface area (Å²) in [6, 6.07) is 11.6. The number of hydrogen-bond donors (Lipinski definition) is 0. The van der Waals surface area contributed by atoms with Crippen molar-refractivity contribution in [1.29, 1.82) is 0 Å². The normalized spacial score (nSPS) is 12.5. The van der Waals surface area contributed by atoms with Crippen LogP contribution in [-0.4, -0.2) is 5.78 Å². The average Bonchev–Trinajstić information content (AvgIpc) is 2.89. The Labute approximate surface area is 137 Å². The van der Waals surface area contributed by atoms with E-state index < -0.39 is 0 Å². The molecule has 0 heterocycles. The smallest absolute Gasteiger partial charge is 0.163 e. The molecule has 0 amide bonds. The summed E-state index contributed by atoms with van der Waals surface area (Å²) in [5.74, 6) is 1.02. The molecule has 3 rings (SSSR count). The number of fused-ring (bicyclic) bond motifs is 1. The maximum absolute atomic E-state index is 11.6. The number of ether oxygens (including phenoxy) is 1. The molecule has 0 saturated heterocycles. The van der Waals surface area contributed by atoms with Crippen molar-refractivity contribution in [2.75, 3.05) is 0 Å². The maximum Gasteiger partial charge on any atom is 0.163 e. The number of carbonyl (C=O) groups is 1. The fourth-order valence-electron chi connectivity index (χ4n) is 2.45. The second-order valence-corrected chi connectivity index (χ2v) is 5.53. The second kappa shape index (κ2) is 7.46.